The molecule has 0 aliphatic carbocycles. The van der Waals surface area contributed by atoms with Crippen molar-refractivity contribution in [3.8, 4) is 0 Å². The number of rotatable bonds is 3. The smallest absolute Gasteiger partial charge is 0.246 e. The van der Waals surface area contributed by atoms with Gasteiger partial charge < -0.3 is 15.7 Å². The van der Waals surface area contributed by atoms with Crippen molar-refractivity contribution in [3.05, 3.63) is 24.0 Å². The lowest BCUT2D eigenvalue weighted by Gasteiger charge is -2.33. The monoisotopic (exact) mass is 317 g/mol. The number of aromatic nitrogens is 2. The molecule has 2 fully saturated rings. The van der Waals surface area contributed by atoms with E-state index in [0.29, 0.717) is 13.1 Å². The van der Waals surface area contributed by atoms with Gasteiger partial charge in [-0.25, -0.2) is 9.97 Å². The molecule has 2 atom stereocenters. The molecule has 2 aliphatic heterocycles. The van der Waals surface area contributed by atoms with E-state index in [1.54, 1.807) is 23.4 Å². The van der Waals surface area contributed by atoms with Crippen molar-refractivity contribution in [1.82, 2.24) is 19.8 Å². The van der Waals surface area contributed by atoms with Crippen molar-refractivity contribution in [1.29, 1.82) is 0 Å². The zero-order valence-corrected chi connectivity index (χ0v) is 13.1. The third kappa shape index (κ3) is 3.86. The topological polar surface area (TPSA) is 95.6 Å². The number of hydrogen-bond acceptors (Lipinski definition) is 6. The molecule has 0 spiro atoms. The molecule has 2 saturated heterocycles. The summed E-state index contributed by atoms with van der Waals surface area (Å²) in [4.78, 5) is 24.1. The summed E-state index contributed by atoms with van der Waals surface area (Å²) in [5.74, 6) is 0.112. The zero-order valence-electron chi connectivity index (χ0n) is 13.1. The largest absolute Gasteiger partial charge is 0.390 e. The van der Waals surface area contributed by atoms with Gasteiger partial charge in [-0.2, -0.15) is 0 Å². The van der Waals surface area contributed by atoms with Gasteiger partial charge in [-0.05, 0) is 32.0 Å². The Morgan fingerprint density at radius 2 is 1.91 bits per heavy atom. The number of nitrogen functional groups attached to an aromatic ring is 1. The molecule has 0 aromatic carbocycles. The molecule has 0 bridgehead atoms. The van der Waals surface area contributed by atoms with Gasteiger partial charge in [0.15, 0.2) is 0 Å². The first-order valence-corrected chi connectivity index (χ1v) is 8.10. The molecule has 0 saturated carbocycles. The lowest BCUT2D eigenvalue weighted by atomic mass is 10.1. The number of nitrogens with zero attached hydrogens (tertiary/aromatic N) is 4. The fraction of sp³-hybridized carbons (Fsp3) is 0.562. The second kappa shape index (κ2) is 7.06. The number of piperidine rings is 1. The van der Waals surface area contributed by atoms with Crippen LogP contribution in [0.1, 0.15) is 24.8 Å². The highest BCUT2D eigenvalue weighted by atomic mass is 16.3. The van der Waals surface area contributed by atoms with Gasteiger partial charge in [0, 0.05) is 37.1 Å². The fourth-order valence-electron chi connectivity index (χ4n) is 3.27. The summed E-state index contributed by atoms with van der Waals surface area (Å²) in [5, 5.41) is 10.3. The Hall–Kier alpha value is -1.99. The fourth-order valence-corrected chi connectivity index (χ4v) is 3.27. The molecular weight excluding hydrogens is 294 g/mol. The molecule has 1 aromatic heterocycles. The van der Waals surface area contributed by atoms with E-state index in [2.05, 4.69) is 14.9 Å². The SMILES string of the molecule is Nc1ncc(/C=C/C(=O)N2C[C@H](O)[C@@H](N3CCCCC3)C2)cn1. The van der Waals surface area contributed by atoms with Crippen LogP contribution in [0.2, 0.25) is 0 Å². The predicted molar refractivity (Wildman–Crippen MR) is 87.3 cm³/mol. The molecule has 7 heteroatoms. The van der Waals surface area contributed by atoms with Crippen LogP contribution in [-0.2, 0) is 4.79 Å². The van der Waals surface area contributed by atoms with Gasteiger partial charge in [0.05, 0.1) is 12.1 Å². The summed E-state index contributed by atoms with van der Waals surface area (Å²) >= 11 is 0. The van der Waals surface area contributed by atoms with E-state index in [-0.39, 0.29) is 17.9 Å². The van der Waals surface area contributed by atoms with Gasteiger partial charge >= 0.3 is 0 Å². The predicted octanol–water partition coefficient (Wildman–Crippen LogP) is 0.130. The average molecular weight is 317 g/mol. The maximum atomic E-state index is 12.3. The number of hydrogen-bond donors (Lipinski definition) is 2. The van der Waals surface area contributed by atoms with Crippen molar-refractivity contribution < 1.29 is 9.90 Å². The van der Waals surface area contributed by atoms with Gasteiger partial charge in [0.25, 0.3) is 0 Å². The van der Waals surface area contributed by atoms with Crippen LogP contribution in [0.3, 0.4) is 0 Å². The summed E-state index contributed by atoms with van der Waals surface area (Å²) in [6.45, 7) is 3.01. The van der Waals surface area contributed by atoms with Crippen molar-refractivity contribution in [2.75, 3.05) is 31.9 Å². The Kier molecular flexibility index (Phi) is 4.88. The number of amides is 1. The van der Waals surface area contributed by atoms with Crippen LogP contribution in [-0.4, -0.2) is 69.1 Å². The van der Waals surface area contributed by atoms with E-state index < -0.39 is 6.10 Å². The summed E-state index contributed by atoms with van der Waals surface area (Å²) in [7, 11) is 0. The van der Waals surface area contributed by atoms with Gasteiger partial charge in [-0.15, -0.1) is 0 Å². The number of aliphatic hydroxyl groups is 1. The number of nitrogens with two attached hydrogens (primary N) is 1. The molecule has 3 rings (SSSR count). The standard InChI is InChI=1S/C16H23N5O2/c17-16-18-8-12(9-19-16)4-5-15(23)21-10-13(14(22)11-21)20-6-2-1-3-7-20/h4-5,8-9,13-14,22H,1-3,6-7,10-11H2,(H2,17,18,19)/b5-4+/t13-,14-/m0/s1. The summed E-state index contributed by atoms with van der Waals surface area (Å²) in [5.41, 5.74) is 6.15. The molecule has 7 nitrogen and oxygen atoms in total. The average Bonchev–Trinajstić information content (AvgIpc) is 2.97. The van der Waals surface area contributed by atoms with E-state index >= 15 is 0 Å². The van der Waals surface area contributed by atoms with E-state index in [0.717, 1.165) is 18.7 Å². The summed E-state index contributed by atoms with van der Waals surface area (Å²) in [6, 6.07) is 0.0625. The Morgan fingerprint density at radius 1 is 1.22 bits per heavy atom. The van der Waals surface area contributed by atoms with Crippen LogP contribution in [0.25, 0.3) is 6.08 Å². The number of likely N-dealkylation sites (tertiary alicyclic amines) is 2. The lowest BCUT2D eigenvalue weighted by Crippen LogP contribution is -2.45. The molecule has 124 valence electrons. The first-order valence-electron chi connectivity index (χ1n) is 8.10. The molecule has 1 aromatic rings. The number of aliphatic hydroxyl groups excluding tert-OH is 1. The van der Waals surface area contributed by atoms with E-state index in [4.69, 9.17) is 5.73 Å². The number of β-amino-alcohol motifs (C(OH)–C–C–N with tert-alkyl or cyclic N) is 1. The van der Waals surface area contributed by atoms with Crippen molar-refractivity contribution in [2.45, 2.75) is 31.4 Å². The summed E-state index contributed by atoms with van der Waals surface area (Å²) < 4.78 is 0. The summed E-state index contributed by atoms with van der Waals surface area (Å²) in [6.07, 6.45) is 9.45. The first-order chi connectivity index (χ1) is 11.1. The van der Waals surface area contributed by atoms with Crippen LogP contribution in [0.15, 0.2) is 18.5 Å². The Labute approximate surface area is 135 Å². The molecule has 1 amide bonds. The Morgan fingerprint density at radius 3 is 2.61 bits per heavy atom. The maximum Gasteiger partial charge on any atom is 0.246 e. The maximum absolute atomic E-state index is 12.3. The van der Waals surface area contributed by atoms with Gasteiger partial charge in [0.1, 0.15) is 0 Å². The van der Waals surface area contributed by atoms with Crippen LogP contribution in [0.5, 0.6) is 0 Å². The Bertz CT molecular complexity index is 568. The normalized spacial score (nSPS) is 26.0. The van der Waals surface area contributed by atoms with E-state index in [1.807, 2.05) is 0 Å². The van der Waals surface area contributed by atoms with Crippen molar-refractivity contribution in [2.24, 2.45) is 0 Å². The molecule has 0 radical (unpaired) electrons. The zero-order chi connectivity index (χ0) is 16.2. The molecule has 3 heterocycles. The van der Waals surface area contributed by atoms with E-state index in [1.165, 1.54) is 25.3 Å². The van der Waals surface area contributed by atoms with Crippen molar-refractivity contribution >= 4 is 17.9 Å². The van der Waals surface area contributed by atoms with Crippen LogP contribution >= 0.6 is 0 Å². The molecule has 0 unspecified atom stereocenters. The molecule has 23 heavy (non-hydrogen) atoms. The van der Waals surface area contributed by atoms with Gasteiger partial charge in [-0.1, -0.05) is 6.42 Å². The van der Waals surface area contributed by atoms with Crippen LogP contribution in [0.4, 0.5) is 5.95 Å². The molecule has 2 aliphatic rings. The number of carbonyl (C=O) groups excluding carboxylic acids is 1. The van der Waals surface area contributed by atoms with Crippen LogP contribution in [0, 0.1) is 0 Å². The second-order valence-corrected chi connectivity index (χ2v) is 6.18. The third-order valence-corrected chi connectivity index (χ3v) is 4.54. The third-order valence-electron chi connectivity index (χ3n) is 4.54. The minimum absolute atomic E-state index is 0.0625. The quantitative estimate of drug-likeness (QED) is 0.769. The number of carbonyl (C=O) groups is 1. The lowest BCUT2D eigenvalue weighted by molar-refractivity contribution is -0.125. The van der Waals surface area contributed by atoms with Crippen molar-refractivity contribution in [3.63, 3.8) is 0 Å². The van der Waals surface area contributed by atoms with E-state index in [9.17, 15) is 9.90 Å². The minimum Gasteiger partial charge on any atom is -0.390 e. The Balaban J connectivity index is 1.58. The molecular formula is C16H23N5O2. The second-order valence-electron chi connectivity index (χ2n) is 6.18. The highest BCUT2D eigenvalue weighted by molar-refractivity contribution is 5.92. The highest BCUT2D eigenvalue weighted by Crippen LogP contribution is 2.21. The first kappa shape index (κ1) is 15.9. The highest BCUT2D eigenvalue weighted by Gasteiger charge is 2.37. The minimum atomic E-state index is -0.467. The molecule has 3 N–H and O–H groups in total. The number of anilines is 1. The van der Waals surface area contributed by atoms with Gasteiger partial charge in [-0.3, -0.25) is 9.69 Å². The van der Waals surface area contributed by atoms with Crippen LogP contribution < -0.4 is 5.73 Å². The van der Waals surface area contributed by atoms with Gasteiger partial charge in [0.2, 0.25) is 11.9 Å².